The molecule has 0 aliphatic carbocycles. The third kappa shape index (κ3) is 4.38. The third-order valence-corrected chi connectivity index (χ3v) is 4.42. The van der Waals surface area contributed by atoms with E-state index in [1.165, 1.54) is 6.07 Å². The molecule has 108 valence electrons. The summed E-state index contributed by atoms with van der Waals surface area (Å²) in [6.07, 6.45) is 1.74. The van der Waals surface area contributed by atoms with Crippen LogP contribution in [-0.4, -0.2) is 10.5 Å². The standard InChI is InChI=1S/C16H24ClFO/c1-10(2)12(8-9-14(17)11(3)4)13-6-5-7-15(18)16(13)19/h5-7,10-12,14,19H,8-9H2,1-4H3. The molecule has 0 spiro atoms. The molecule has 1 aromatic rings. The molecule has 1 nitrogen and oxygen atoms in total. The van der Waals surface area contributed by atoms with Crippen molar-refractivity contribution in [3.05, 3.63) is 29.6 Å². The first-order valence-electron chi connectivity index (χ1n) is 6.96. The first-order chi connectivity index (χ1) is 8.84. The van der Waals surface area contributed by atoms with Crippen molar-refractivity contribution in [1.82, 2.24) is 0 Å². The molecule has 0 fully saturated rings. The Kier molecular flexibility index (Phi) is 6.12. The highest BCUT2D eigenvalue weighted by molar-refractivity contribution is 6.20. The van der Waals surface area contributed by atoms with E-state index in [1.54, 1.807) is 6.07 Å². The monoisotopic (exact) mass is 286 g/mol. The van der Waals surface area contributed by atoms with Gasteiger partial charge in [0.25, 0.3) is 0 Å². The molecular formula is C16H24ClFO. The molecule has 0 aromatic heterocycles. The molecule has 3 heteroatoms. The molecule has 2 unspecified atom stereocenters. The molecular weight excluding hydrogens is 263 g/mol. The number of benzene rings is 1. The summed E-state index contributed by atoms with van der Waals surface area (Å²) in [7, 11) is 0. The van der Waals surface area contributed by atoms with E-state index in [0.29, 0.717) is 17.4 Å². The second-order valence-corrected chi connectivity index (χ2v) is 6.43. The van der Waals surface area contributed by atoms with Crippen LogP contribution in [0.1, 0.15) is 52.0 Å². The molecule has 1 N–H and O–H groups in total. The van der Waals surface area contributed by atoms with Crippen molar-refractivity contribution in [2.45, 2.75) is 51.8 Å². The topological polar surface area (TPSA) is 20.2 Å². The van der Waals surface area contributed by atoms with Gasteiger partial charge >= 0.3 is 0 Å². The lowest BCUT2D eigenvalue weighted by Crippen LogP contribution is -2.13. The van der Waals surface area contributed by atoms with Crippen molar-refractivity contribution in [2.24, 2.45) is 11.8 Å². The Labute approximate surface area is 120 Å². The van der Waals surface area contributed by atoms with Crippen LogP contribution in [0.3, 0.4) is 0 Å². The van der Waals surface area contributed by atoms with Crippen molar-refractivity contribution >= 4 is 11.6 Å². The van der Waals surface area contributed by atoms with E-state index in [4.69, 9.17) is 11.6 Å². The molecule has 0 saturated heterocycles. The fourth-order valence-electron chi connectivity index (χ4n) is 2.35. The van der Waals surface area contributed by atoms with E-state index >= 15 is 0 Å². The van der Waals surface area contributed by atoms with E-state index in [9.17, 15) is 9.50 Å². The lowest BCUT2D eigenvalue weighted by atomic mass is 9.83. The van der Waals surface area contributed by atoms with Crippen molar-refractivity contribution in [3.8, 4) is 5.75 Å². The van der Waals surface area contributed by atoms with Gasteiger partial charge in [0, 0.05) is 10.9 Å². The van der Waals surface area contributed by atoms with E-state index < -0.39 is 5.82 Å². The molecule has 2 atom stereocenters. The van der Waals surface area contributed by atoms with Crippen LogP contribution in [0.25, 0.3) is 0 Å². The van der Waals surface area contributed by atoms with E-state index in [-0.39, 0.29) is 17.0 Å². The first kappa shape index (κ1) is 16.3. The minimum absolute atomic E-state index is 0.122. The molecule has 19 heavy (non-hydrogen) atoms. The summed E-state index contributed by atoms with van der Waals surface area (Å²) in [6, 6.07) is 4.75. The molecule has 0 radical (unpaired) electrons. The van der Waals surface area contributed by atoms with Gasteiger partial charge in [-0.3, -0.25) is 0 Å². The maximum atomic E-state index is 13.5. The lowest BCUT2D eigenvalue weighted by Gasteiger charge is -2.24. The van der Waals surface area contributed by atoms with Gasteiger partial charge in [-0.2, -0.15) is 0 Å². The smallest absolute Gasteiger partial charge is 0.165 e. The Balaban J connectivity index is 2.86. The Morgan fingerprint density at radius 3 is 2.26 bits per heavy atom. The number of rotatable bonds is 6. The van der Waals surface area contributed by atoms with E-state index in [1.807, 2.05) is 6.07 Å². The van der Waals surface area contributed by atoms with Crippen LogP contribution in [-0.2, 0) is 0 Å². The molecule has 0 heterocycles. The minimum atomic E-state index is -0.547. The zero-order valence-corrected chi connectivity index (χ0v) is 12.9. The summed E-state index contributed by atoms with van der Waals surface area (Å²) in [5.74, 6) is 0.140. The summed E-state index contributed by atoms with van der Waals surface area (Å²) in [5.41, 5.74) is 0.697. The first-order valence-corrected chi connectivity index (χ1v) is 7.39. The number of alkyl halides is 1. The van der Waals surface area contributed by atoms with E-state index in [2.05, 4.69) is 27.7 Å². The number of phenolic OH excluding ortho intramolecular Hbond substituents is 1. The van der Waals surface area contributed by atoms with Gasteiger partial charge in [0.1, 0.15) is 0 Å². The van der Waals surface area contributed by atoms with Gasteiger partial charge in [0.15, 0.2) is 11.6 Å². The fraction of sp³-hybridized carbons (Fsp3) is 0.625. The molecule has 0 amide bonds. The van der Waals surface area contributed by atoms with Crippen molar-refractivity contribution in [2.75, 3.05) is 0 Å². The van der Waals surface area contributed by atoms with Crippen LogP contribution in [0.15, 0.2) is 18.2 Å². The highest BCUT2D eigenvalue weighted by Crippen LogP contribution is 2.37. The van der Waals surface area contributed by atoms with Gasteiger partial charge in [-0.05, 0) is 36.7 Å². The van der Waals surface area contributed by atoms with Crippen molar-refractivity contribution < 1.29 is 9.50 Å². The Bertz CT molecular complexity index is 404. The summed E-state index contributed by atoms with van der Waals surface area (Å²) < 4.78 is 13.5. The highest BCUT2D eigenvalue weighted by atomic mass is 35.5. The van der Waals surface area contributed by atoms with Gasteiger partial charge < -0.3 is 5.11 Å². The van der Waals surface area contributed by atoms with Crippen LogP contribution in [0.2, 0.25) is 0 Å². The summed E-state index contributed by atoms with van der Waals surface area (Å²) in [6.45, 7) is 8.38. The predicted octanol–water partition coefficient (Wildman–Crippen LogP) is 5.31. The number of hydrogen-bond donors (Lipinski definition) is 1. The Hall–Kier alpha value is -0.760. The normalized spacial score (nSPS) is 14.9. The maximum Gasteiger partial charge on any atom is 0.165 e. The summed E-state index contributed by atoms with van der Waals surface area (Å²) >= 11 is 6.29. The van der Waals surface area contributed by atoms with Crippen LogP contribution < -0.4 is 0 Å². The number of phenols is 1. The van der Waals surface area contributed by atoms with Crippen LogP contribution in [0, 0.1) is 17.7 Å². The maximum absolute atomic E-state index is 13.5. The number of hydrogen-bond acceptors (Lipinski definition) is 1. The number of aromatic hydroxyl groups is 1. The average molecular weight is 287 g/mol. The molecule has 1 aromatic carbocycles. The van der Waals surface area contributed by atoms with Gasteiger partial charge in [-0.25, -0.2) is 4.39 Å². The Morgan fingerprint density at radius 1 is 1.11 bits per heavy atom. The van der Waals surface area contributed by atoms with Gasteiger partial charge in [0.2, 0.25) is 0 Å². The highest BCUT2D eigenvalue weighted by Gasteiger charge is 2.22. The molecule has 0 aliphatic heterocycles. The molecule has 0 aliphatic rings. The third-order valence-electron chi connectivity index (χ3n) is 3.70. The number of para-hydroxylation sites is 1. The van der Waals surface area contributed by atoms with Gasteiger partial charge in [-0.1, -0.05) is 39.8 Å². The van der Waals surface area contributed by atoms with Crippen molar-refractivity contribution in [1.29, 1.82) is 0 Å². The van der Waals surface area contributed by atoms with Crippen LogP contribution in [0.5, 0.6) is 5.75 Å². The van der Waals surface area contributed by atoms with Gasteiger partial charge in [0.05, 0.1) is 0 Å². The average Bonchev–Trinajstić information content (AvgIpc) is 2.33. The lowest BCUT2D eigenvalue weighted by molar-refractivity contribution is 0.387. The second kappa shape index (κ2) is 7.14. The van der Waals surface area contributed by atoms with Gasteiger partial charge in [-0.15, -0.1) is 11.6 Å². The Morgan fingerprint density at radius 2 is 1.74 bits per heavy atom. The summed E-state index contributed by atoms with van der Waals surface area (Å²) in [5, 5.41) is 10.0. The minimum Gasteiger partial charge on any atom is -0.505 e. The second-order valence-electron chi connectivity index (χ2n) is 5.87. The summed E-state index contributed by atoms with van der Waals surface area (Å²) in [4.78, 5) is 0. The van der Waals surface area contributed by atoms with Crippen LogP contribution >= 0.6 is 11.6 Å². The van der Waals surface area contributed by atoms with Crippen molar-refractivity contribution in [3.63, 3.8) is 0 Å². The quantitative estimate of drug-likeness (QED) is 0.702. The zero-order chi connectivity index (χ0) is 14.6. The molecule has 0 bridgehead atoms. The fourth-order valence-corrected chi connectivity index (χ4v) is 2.48. The predicted molar refractivity (Wildman–Crippen MR) is 79.4 cm³/mol. The van der Waals surface area contributed by atoms with Crippen LogP contribution in [0.4, 0.5) is 4.39 Å². The van der Waals surface area contributed by atoms with E-state index in [0.717, 1.165) is 12.8 Å². The molecule has 1 rings (SSSR count). The largest absolute Gasteiger partial charge is 0.505 e. The SMILES string of the molecule is CC(C)C(Cl)CCC(c1cccc(F)c1O)C(C)C. The zero-order valence-electron chi connectivity index (χ0n) is 12.2. The molecule has 0 saturated carbocycles. The number of halogens is 2.